The fourth-order valence-corrected chi connectivity index (χ4v) is 7.28. The van der Waals surface area contributed by atoms with E-state index in [0.717, 1.165) is 44.2 Å². The summed E-state index contributed by atoms with van der Waals surface area (Å²) in [6, 6.07) is 7.24. The molecule has 1 aromatic rings. The number of hydrogen-bond donors (Lipinski definition) is 0. The van der Waals surface area contributed by atoms with Gasteiger partial charge in [0, 0.05) is 17.9 Å². The van der Waals surface area contributed by atoms with Crippen LogP contribution in [0.25, 0.3) is 0 Å². The van der Waals surface area contributed by atoms with Gasteiger partial charge < -0.3 is 19.1 Å². The summed E-state index contributed by atoms with van der Waals surface area (Å²) in [6.07, 6.45) is 23.4. The second-order valence-electron chi connectivity index (χ2n) is 13.5. The number of carbonyl (C=O) groups excluding carboxylic acids is 3. The Morgan fingerprint density at radius 3 is 1.59 bits per heavy atom. The first-order valence-corrected chi connectivity index (χ1v) is 21.9. The summed E-state index contributed by atoms with van der Waals surface area (Å²) < 4.78 is 16.5. The van der Waals surface area contributed by atoms with E-state index in [4.69, 9.17) is 14.2 Å². The lowest BCUT2D eigenvalue weighted by molar-refractivity contribution is -0.143. The molecule has 0 aliphatic rings. The molecule has 0 aliphatic heterocycles. The first kappa shape index (κ1) is 45.3. The molecule has 7 nitrogen and oxygen atoms in total. The third-order valence-electron chi connectivity index (χ3n) is 8.56. The maximum absolute atomic E-state index is 13.2. The van der Waals surface area contributed by atoms with Crippen LogP contribution in [0.1, 0.15) is 148 Å². The zero-order valence-corrected chi connectivity index (χ0v) is 33.1. The lowest BCUT2D eigenvalue weighted by Gasteiger charge is -2.16. The number of hydrogen-bond acceptors (Lipinski definition) is 9. The number of unbranched alkanes of at least 4 members (excludes halogenated alkanes) is 14. The number of esters is 3. The van der Waals surface area contributed by atoms with Crippen molar-refractivity contribution >= 4 is 39.5 Å². The molecular weight excluding hydrogens is 655 g/mol. The average molecular weight is 724 g/mol. The van der Waals surface area contributed by atoms with Crippen molar-refractivity contribution in [3.8, 4) is 5.75 Å². The van der Waals surface area contributed by atoms with E-state index in [0.29, 0.717) is 36.9 Å². The van der Waals surface area contributed by atoms with Gasteiger partial charge in [-0.05, 0) is 57.6 Å². The van der Waals surface area contributed by atoms with Gasteiger partial charge in [0.1, 0.15) is 19.0 Å². The molecule has 0 spiro atoms. The van der Waals surface area contributed by atoms with E-state index in [2.05, 4.69) is 13.8 Å². The minimum atomic E-state index is -0.280. The Kier molecular flexibility index (Phi) is 29.8. The third-order valence-corrected chi connectivity index (χ3v) is 10.9. The normalized spacial score (nSPS) is 11.3. The molecule has 0 radical (unpaired) electrons. The largest absolute Gasteiger partial charge is 0.465 e. The van der Waals surface area contributed by atoms with Gasteiger partial charge in [-0.2, -0.15) is 0 Å². The maximum Gasteiger partial charge on any atom is 0.314 e. The second kappa shape index (κ2) is 32.2. The molecule has 0 unspecified atom stereocenters. The lowest BCUT2D eigenvalue weighted by Crippen LogP contribution is -2.21. The fraction of sp³-hybridized carbons (Fsp3) is 0.775. The van der Waals surface area contributed by atoms with Crippen molar-refractivity contribution in [2.45, 2.75) is 149 Å². The summed E-state index contributed by atoms with van der Waals surface area (Å²) in [4.78, 5) is 39.3. The molecule has 0 saturated heterocycles. The first-order chi connectivity index (χ1) is 23.8. The van der Waals surface area contributed by atoms with Crippen LogP contribution in [0.15, 0.2) is 24.3 Å². The van der Waals surface area contributed by atoms with E-state index in [-0.39, 0.29) is 30.2 Å². The van der Waals surface area contributed by atoms with Crippen molar-refractivity contribution in [1.82, 2.24) is 4.90 Å². The van der Waals surface area contributed by atoms with Crippen LogP contribution in [0.3, 0.4) is 0 Å². The van der Waals surface area contributed by atoms with Crippen LogP contribution < -0.4 is 4.74 Å². The highest BCUT2D eigenvalue weighted by molar-refractivity contribution is 8.76. The third kappa shape index (κ3) is 27.7. The van der Waals surface area contributed by atoms with Crippen molar-refractivity contribution in [3.05, 3.63) is 29.8 Å². The maximum atomic E-state index is 13.2. The topological polar surface area (TPSA) is 82.1 Å². The minimum Gasteiger partial charge on any atom is -0.465 e. The molecule has 1 rings (SSSR count). The molecule has 0 atom stereocenters. The van der Waals surface area contributed by atoms with Crippen LogP contribution in [0.2, 0.25) is 0 Å². The zero-order valence-electron chi connectivity index (χ0n) is 31.5. The first-order valence-electron chi connectivity index (χ1n) is 19.4. The van der Waals surface area contributed by atoms with Gasteiger partial charge in [-0.3, -0.25) is 14.4 Å². The summed E-state index contributed by atoms with van der Waals surface area (Å²) in [7, 11) is 7.18. The van der Waals surface area contributed by atoms with Gasteiger partial charge in [-0.1, -0.05) is 150 Å². The molecular formula is C40H69NO6S2. The standard InChI is InChI=1S/C40H69NO6S2/c1-5-7-9-11-13-15-17-19-22-36(23-20-18-16-14-12-10-8-6-2)40(44)47-37-27-25-35(26-28-37)34-39(43)46-31-33-49-48-32-30-45-38(42)24-21-29-41(3)4/h25-28,36H,5-24,29-34H2,1-4H3. The monoisotopic (exact) mass is 723 g/mol. The summed E-state index contributed by atoms with van der Waals surface area (Å²) in [5.74, 6) is 1.30. The highest BCUT2D eigenvalue weighted by Crippen LogP contribution is 2.24. The summed E-state index contributed by atoms with van der Waals surface area (Å²) in [5, 5.41) is 0. The Balaban J connectivity index is 2.35. The molecule has 0 aromatic heterocycles. The second-order valence-corrected chi connectivity index (χ2v) is 16.2. The Morgan fingerprint density at radius 2 is 1.10 bits per heavy atom. The summed E-state index contributed by atoms with van der Waals surface area (Å²) >= 11 is 0. The van der Waals surface area contributed by atoms with Crippen molar-refractivity contribution < 1.29 is 28.6 Å². The molecule has 0 fully saturated rings. The molecule has 282 valence electrons. The van der Waals surface area contributed by atoms with E-state index >= 15 is 0 Å². The van der Waals surface area contributed by atoms with Gasteiger partial charge in [0.2, 0.25) is 0 Å². The molecule has 0 N–H and O–H groups in total. The molecule has 0 saturated carbocycles. The van der Waals surface area contributed by atoms with E-state index in [1.807, 2.05) is 31.1 Å². The Bertz CT molecular complexity index is 939. The number of rotatable bonds is 33. The van der Waals surface area contributed by atoms with Crippen molar-refractivity contribution in [2.75, 3.05) is 45.4 Å². The Morgan fingerprint density at radius 1 is 0.633 bits per heavy atom. The number of ether oxygens (including phenoxy) is 3. The van der Waals surface area contributed by atoms with E-state index in [1.54, 1.807) is 33.7 Å². The Hall–Kier alpha value is -1.71. The molecule has 1 aromatic carbocycles. The molecule has 0 bridgehead atoms. The average Bonchev–Trinajstić information content (AvgIpc) is 3.08. The highest BCUT2D eigenvalue weighted by Gasteiger charge is 2.20. The smallest absolute Gasteiger partial charge is 0.314 e. The lowest BCUT2D eigenvalue weighted by atomic mass is 9.94. The number of carbonyl (C=O) groups is 3. The van der Waals surface area contributed by atoms with Crippen molar-refractivity contribution in [2.24, 2.45) is 5.92 Å². The van der Waals surface area contributed by atoms with E-state index < -0.39 is 0 Å². The van der Waals surface area contributed by atoms with Gasteiger partial charge in [0.25, 0.3) is 0 Å². The van der Waals surface area contributed by atoms with Crippen molar-refractivity contribution in [3.63, 3.8) is 0 Å². The van der Waals surface area contributed by atoms with Crippen LogP contribution in [-0.2, 0) is 30.3 Å². The molecule has 49 heavy (non-hydrogen) atoms. The summed E-state index contributed by atoms with van der Waals surface area (Å²) in [5.41, 5.74) is 0.827. The fourth-order valence-electron chi connectivity index (χ4n) is 5.63. The highest BCUT2D eigenvalue weighted by atomic mass is 33.1. The predicted molar refractivity (Wildman–Crippen MR) is 208 cm³/mol. The van der Waals surface area contributed by atoms with Gasteiger partial charge >= 0.3 is 17.9 Å². The summed E-state index contributed by atoms with van der Waals surface area (Å²) in [6.45, 7) is 6.10. The molecule has 0 heterocycles. The van der Waals surface area contributed by atoms with Crippen molar-refractivity contribution in [1.29, 1.82) is 0 Å². The van der Waals surface area contributed by atoms with Crippen LogP contribution in [0.4, 0.5) is 0 Å². The van der Waals surface area contributed by atoms with E-state index in [9.17, 15) is 14.4 Å². The quantitative estimate of drug-likeness (QED) is 0.0304. The zero-order chi connectivity index (χ0) is 35.8. The molecule has 0 aliphatic carbocycles. The van der Waals surface area contributed by atoms with Gasteiger partial charge in [0.05, 0.1) is 12.3 Å². The predicted octanol–water partition coefficient (Wildman–Crippen LogP) is 10.6. The van der Waals surface area contributed by atoms with E-state index in [1.165, 1.54) is 89.9 Å². The van der Waals surface area contributed by atoms with Crippen LogP contribution in [0, 0.1) is 5.92 Å². The van der Waals surface area contributed by atoms with Gasteiger partial charge in [-0.15, -0.1) is 0 Å². The van der Waals surface area contributed by atoms with Crippen LogP contribution >= 0.6 is 21.6 Å². The minimum absolute atomic E-state index is 0.0565. The SMILES string of the molecule is CCCCCCCCCCC(CCCCCCCCCC)C(=O)Oc1ccc(CC(=O)OCCSSCCOC(=O)CCCN(C)C)cc1. The number of benzene rings is 1. The molecule has 9 heteroatoms. The van der Waals surface area contributed by atoms with Gasteiger partial charge in [0.15, 0.2) is 0 Å². The molecule has 0 amide bonds. The van der Waals surface area contributed by atoms with Crippen LogP contribution in [0.5, 0.6) is 5.75 Å². The van der Waals surface area contributed by atoms with Gasteiger partial charge in [-0.25, -0.2) is 0 Å². The van der Waals surface area contributed by atoms with Crippen LogP contribution in [-0.4, -0.2) is 68.2 Å². The number of nitrogens with zero attached hydrogens (tertiary/aromatic N) is 1. The Labute approximate surface area is 307 Å².